The van der Waals surface area contributed by atoms with E-state index in [1.165, 1.54) is 30.3 Å². The summed E-state index contributed by atoms with van der Waals surface area (Å²) in [7, 11) is 3.14. The van der Waals surface area contributed by atoms with Gasteiger partial charge < -0.3 is 20.1 Å². The fourth-order valence-electron chi connectivity index (χ4n) is 4.43. The standard InChI is InChI=1S/C28H31FN4O4/c1-17-8-9-20(26-10-18(2)33(31-26)14-22(34)16-37-4)12-25(17)30-28(36)24-15-32(3)27(35)13-23(24)19-6-5-7-21(29)11-19/h5-12,15,22-23,34H,13-14,16H2,1-4H3,(H,30,36). The first-order chi connectivity index (χ1) is 17.7. The van der Waals surface area contributed by atoms with Gasteiger partial charge in [0.25, 0.3) is 5.91 Å². The molecule has 0 saturated carbocycles. The number of aliphatic hydroxyl groups is 1. The van der Waals surface area contributed by atoms with Crippen LogP contribution in [0.1, 0.15) is 29.2 Å². The molecule has 1 aliphatic rings. The molecule has 1 aliphatic heterocycles. The molecule has 2 aromatic carbocycles. The van der Waals surface area contributed by atoms with Crippen LogP contribution in [0.4, 0.5) is 10.1 Å². The number of methoxy groups -OCH3 is 1. The minimum Gasteiger partial charge on any atom is -0.389 e. The number of rotatable bonds is 8. The summed E-state index contributed by atoms with van der Waals surface area (Å²) in [5.74, 6) is -1.49. The van der Waals surface area contributed by atoms with Crippen LogP contribution in [-0.4, -0.2) is 58.5 Å². The summed E-state index contributed by atoms with van der Waals surface area (Å²) in [6, 6.07) is 13.6. The summed E-state index contributed by atoms with van der Waals surface area (Å²) in [6.45, 7) is 4.31. The van der Waals surface area contributed by atoms with E-state index in [9.17, 15) is 19.1 Å². The van der Waals surface area contributed by atoms with Crippen molar-refractivity contribution in [3.63, 3.8) is 0 Å². The second-order valence-electron chi connectivity index (χ2n) is 9.35. The number of aliphatic hydroxyl groups excluding tert-OH is 1. The normalized spacial score (nSPS) is 16.5. The third-order valence-electron chi connectivity index (χ3n) is 6.50. The van der Waals surface area contributed by atoms with Crippen molar-refractivity contribution in [1.29, 1.82) is 0 Å². The quantitative estimate of drug-likeness (QED) is 0.485. The molecule has 3 aromatic rings. The number of anilines is 1. The Morgan fingerprint density at radius 1 is 1.24 bits per heavy atom. The molecule has 0 fully saturated rings. The fourth-order valence-corrected chi connectivity index (χ4v) is 4.43. The van der Waals surface area contributed by atoms with Crippen molar-refractivity contribution >= 4 is 17.5 Å². The number of amides is 2. The minimum absolute atomic E-state index is 0.0733. The van der Waals surface area contributed by atoms with Gasteiger partial charge in [-0.15, -0.1) is 0 Å². The molecule has 8 nitrogen and oxygen atoms in total. The van der Waals surface area contributed by atoms with Crippen LogP contribution in [0.25, 0.3) is 11.3 Å². The molecule has 2 atom stereocenters. The van der Waals surface area contributed by atoms with Crippen LogP contribution in [0.15, 0.2) is 60.3 Å². The number of carbonyl (C=O) groups excluding carboxylic acids is 2. The lowest BCUT2D eigenvalue weighted by Crippen LogP contribution is -2.33. The fraction of sp³-hybridized carbons (Fsp3) is 0.321. The summed E-state index contributed by atoms with van der Waals surface area (Å²) < 4.78 is 20.6. The van der Waals surface area contributed by atoms with Crippen molar-refractivity contribution < 1.29 is 23.8 Å². The lowest BCUT2D eigenvalue weighted by atomic mass is 9.85. The van der Waals surface area contributed by atoms with Gasteiger partial charge in [0.1, 0.15) is 5.82 Å². The molecule has 0 aliphatic carbocycles. The maximum absolute atomic E-state index is 13.9. The average Bonchev–Trinajstić information content (AvgIpc) is 3.21. The topological polar surface area (TPSA) is 96.7 Å². The number of nitrogens with zero attached hydrogens (tertiary/aromatic N) is 3. The van der Waals surface area contributed by atoms with Gasteiger partial charge in [-0.1, -0.05) is 24.3 Å². The summed E-state index contributed by atoms with van der Waals surface area (Å²) in [5, 5.41) is 17.7. The second-order valence-corrected chi connectivity index (χ2v) is 9.35. The first-order valence-electron chi connectivity index (χ1n) is 12.0. The molecule has 2 heterocycles. The monoisotopic (exact) mass is 506 g/mol. The Labute approximate surface area is 215 Å². The zero-order valence-corrected chi connectivity index (χ0v) is 21.4. The van der Waals surface area contributed by atoms with E-state index >= 15 is 0 Å². The molecular formula is C28H31FN4O4. The number of nitrogens with one attached hydrogen (secondary N) is 1. The summed E-state index contributed by atoms with van der Waals surface area (Å²) in [6.07, 6.45) is 0.917. The molecule has 4 rings (SSSR count). The van der Waals surface area contributed by atoms with Crippen molar-refractivity contribution in [3.05, 3.63) is 82.9 Å². The molecule has 9 heteroatoms. The van der Waals surface area contributed by atoms with E-state index in [0.29, 0.717) is 29.1 Å². The summed E-state index contributed by atoms with van der Waals surface area (Å²) >= 11 is 0. The smallest absolute Gasteiger partial charge is 0.253 e. The van der Waals surface area contributed by atoms with E-state index in [4.69, 9.17) is 4.74 Å². The third-order valence-corrected chi connectivity index (χ3v) is 6.50. The number of halogens is 1. The van der Waals surface area contributed by atoms with Gasteiger partial charge in [-0.3, -0.25) is 14.3 Å². The molecule has 0 bridgehead atoms. The lowest BCUT2D eigenvalue weighted by Gasteiger charge is -2.28. The predicted octanol–water partition coefficient (Wildman–Crippen LogP) is 3.78. The molecule has 1 aromatic heterocycles. The Morgan fingerprint density at radius 3 is 2.76 bits per heavy atom. The number of aromatic nitrogens is 2. The van der Waals surface area contributed by atoms with E-state index < -0.39 is 17.8 Å². The molecule has 0 saturated heterocycles. The largest absolute Gasteiger partial charge is 0.389 e. The van der Waals surface area contributed by atoms with Crippen molar-refractivity contribution in [2.24, 2.45) is 0 Å². The molecular weight excluding hydrogens is 475 g/mol. The van der Waals surface area contributed by atoms with Gasteiger partial charge in [0.15, 0.2) is 0 Å². The SMILES string of the molecule is COCC(O)Cn1nc(-c2ccc(C)c(NC(=O)C3=CN(C)C(=O)CC3c3cccc(F)c3)c2)cc1C. The van der Waals surface area contributed by atoms with Gasteiger partial charge in [0.05, 0.1) is 24.9 Å². The molecule has 194 valence electrons. The number of hydrogen-bond acceptors (Lipinski definition) is 5. The van der Waals surface area contributed by atoms with Crippen LogP contribution in [0.2, 0.25) is 0 Å². The van der Waals surface area contributed by atoms with Crippen LogP contribution >= 0.6 is 0 Å². The zero-order chi connectivity index (χ0) is 26.7. The van der Waals surface area contributed by atoms with E-state index in [1.807, 2.05) is 38.1 Å². The highest BCUT2D eigenvalue weighted by Crippen LogP contribution is 2.34. The highest BCUT2D eigenvalue weighted by molar-refractivity contribution is 6.07. The number of ether oxygens (including phenoxy) is 1. The van der Waals surface area contributed by atoms with Crippen molar-refractivity contribution in [2.75, 3.05) is 26.1 Å². The molecule has 0 radical (unpaired) electrons. The summed E-state index contributed by atoms with van der Waals surface area (Å²) in [5.41, 5.74) is 4.80. The Hall–Kier alpha value is -3.82. The molecule has 2 amide bonds. The van der Waals surface area contributed by atoms with Crippen LogP contribution in [-0.2, 0) is 20.9 Å². The van der Waals surface area contributed by atoms with Crippen LogP contribution in [0.3, 0.4) is 0 Å². The second kappa shape index (κ2) is 11.1. The summed E-state index contributed by atoms with van der Waals surface area (Å²) in [4.78, 5) is 27.3. The number of hydrogen-bond donors (Lipinski definition) is 2. The van der Waals surface area contributed by atoms with Gasteiger partial charge in [0, 0.05) is 55.2 Å². The Kier molecular flexibility index (Phi) is 7.85. The van der Waals surface area contributed by atoms with Gasteiger partial charge in [-0.05, 0) is 49.2 Å². The van der Waals surface area contributed by atoms with Gasteiger partial charge in [-0.25, -0.2) is 4.39 Å². The third kappa shape index (κ3) is 5.95. The lowest BCUT2D eigenvalue weighted by molar-refractivity contribution is -0.128. The number of benzene rings is 2. The molecule has 2 N–H and O–H groups in total. The van der Waals surface area contributed by atoms with Crippen molar-refractivity contribution in [2.45, 2.75) is 38.8 Å². The zero-order valence-electron chi connectivity index (χ0n) is 21.4. The Balaban J connectivity index is 1.60. The Bertz CT molecular complexity index is 1350. The Morgan fingerprint density at radius 2 is 2.03 bits per heavy atom. The van der Waals surface area contributed by atoms with Crippen LogP contribution in [0.5, 0.6) is 0 Å². The van der Waals surface area contributed by atoms with Gasteiger partial charge in [0.2, 0.25) is 5.91 Å². The maximum Gasteiger partial charge on any atom is 0.253 e. The first-order valence-corrected chi connectivity index (χ1v) is 12.0. The average molecular weight is 507 g/mol. The predicted molar refractivity (Wildman–Crippen MR) is 138 cm³/mol. The van der Waals surface area contributed by atoms with Crippen molar-refractivity contribution in [1.82, 2.24) is 14.7 Å². The molecule has 37 heavy (non-hydrogen) atoms. The van der Waals surface area contributed by atoms with Gasteiger partial charge >= 0.3 is 0 Å². The van der Waals surface area contributed by atoms with Gasteiger partial charge in [-0.2, -0.15) is 5.10 Å². The minimum atomic E-state index is -0.677. The maximum atomic E-state index is 13.9. The van der Waals surface area contributed by atoms with Crippen LogP contribution in [0, 0.1) is 19.7 Å². The van der Waals surface area contributed by atoms with E-state index in [2.05, 4.69) is 10.4 Å². The van der Waals surface area contributed by atoms with Crippen LogP contribution < -0.4 is 5.32 Å². The highest BCUT2D eigenvalue weighted by Gasteiger charge is 2.31. The van der Waals surface area contributed by atoms with E-state index in [-0.39, 0.29) is 24.8 Å². The van der Waals surface area contributed by atoms with E-state index in [1.54, 1.807) is 23.9 Å². The molecule has 0 spiro atoms. The van der Waals surface area contributed by atoms with Crippen molar-refractivity contribution in [3.8, 4) is 11.3 Å². The highest BCUT2D eigenvalue weighted by atomic mass is 19.1. The van der Waals surface area contributed by atoms with E-state index in [0.717, 1.165) is 16.8 Å². The number of aryl methyl sites for hydroxylation is 2. The molecule has 2 unspecified atom stereocenters. The first kappa shape index (κ1) is 26.2. The number of carbonyl (C=O) groups is 2.